The molecule has 0 spiro atoms. The summed E-state index contributed by atoms with van der Waals surface area (Å²) in [5, 5.41) is 6.09. The molecule has 0 radical (unpaired) electrons. The van der Waals surface area contributed by atoms with Crippen molar-refractivity contribution < 1.29 is 18.7 Å². The van der Waals surface area contributed by atoms with E-state index < -0.39 is 11.7 Å². The summed E-state index contributed by atoms with van der Waals surface area (Å²) in [6, 6.07) is 6.00. The number of rotatable bonds is 7. The van der Waals surface area contributed by atoms with Crippen molar-refractivity contribution in [2.45, 2.75) is 37.8 Å². The summed E-state index contributed by atoms with van der Waals surface area (Å²) in [6.07, 6.45) is 3.77. The van der Waals surface area contributed by atoms with Crippen molar-refractivity contribution in [2.75, 3.05) is 24.9 Å². The van der Waals surface area contributed by atoms with Crippen LogP contribution < -0.4 is 31.6 Å². The molecule has 1 aliphatic carbocycles. The third-order valence-electron chi connectivity index (χ3n) is 5.00. The molecule has 8 nitrogen and oxygen atoms in total. The predicted octanol–water partition coefficient (Wildman–Crippen LogP) is 2.76. The Labute approximate surface area is 168 Å². The van der Waals surface area contributed by atoms with E-state index in [4.69, 9.17) is 20.9 Å². The lowest BCUT2D eigenvalue weighted by Gasteiger charge is -2.30. The summed E-state index contributed by atoms with van der Waals surface area (Å²) in [4.78, 5) is 16.1. The monoisotopic (exact) mass is 403 g/mol. The number of halogens is 1. The maximum absolute atomic E-state index is 14.6. The molecule has 1 aromatic heterocycles. The lowest BCUT2D eigenvalue weighted by Crippen LogP contribution is -2.43. The van der Waals surface area contributed by atoms with Gasteiger partial charge in [-0.2, -0.15) is 0 Å². The van der Waals surface area contributed by atoms with E-state index in [0.29, 0.717) is 17.2 Å². The van der Waals surface area contributed by atoms with Gasteiger partial charge in [0.2, 0.25) is 0 Å². The molecule has 2 aromatic rings. The number of nitrogens with two attached hydrogens (primary N) is 2. The molecule has 3 rings (SSSR count). The smallest absolute Gasteiger partial charge is 0.252 e. The number of carbonyl (C=O) groups is 1. The number of benzene rings is 1. The van der Waals surface area contributed by atoms with Gasteiger partial charge in [-0.3, -0.25) is 4.79 Å². The van der Waals surface area contributed by atoms with Gasteiger partial charge >= 0.3 is 0 Å². The van der Waals surface area contributed by atoms with Gasteiger partial charge in [-0.15, -0.1) is 0 Å². The van der Waals surface area contributed by atoms with Gasteiger partial charge in [0, 0.05) is 36.0 Å². The van der Waals surface area contributed by atoms with Crippen LogP contribution in [0.25, 0.3) is 0 Å². The van der Waals surface area contributed by atoms with Crippen molar-refractivity contribution in [3.63, 3.8) is 0 Å². The number of pyridine rings is 1. The highest BCUT2D eigenvalue weighted by atomic mass is 19.1. The first-order valence-corrected chi connectivity index (χ1v) is 9.43. The predicted molar refractivity (Wildman–Crippen MR) is 109 cm³/mol. The number of aromatic nitrogens is 1. The Morgan fingerprint density at radius 2 is 1.76 bits per heavy atom. The first-order valence-electron chi connectivity index (χ1n) is 9.43. The lowest BCUT2D eigenvalue weighted by molar-refractivity contribution is 0.100. The number of nitrogens with zero attached hydrogens (tertiary/aromatic N) is 1. The van der Waals surface area contributed by atoms with Gasteiger partial charge in [-0.05, 0) is 18.9 Å². The van der Waals surface area contributed by atoms with Crippen LogP contribution in [0, 0.1) is 5.82 Å². The van der Waals surface area contributed by atoms with Crippen LogP contribution in [0.5, 0.6) is 11.5 Å². The first-order chi connectivity index (χ1) is 13.9. The van der Waals surface area contributed by atoms with Crippen LogP contribution in [0.3, 0.4) is 0 Å². The molecule has 0 aliphatic heterocycles. The molecule has 2 atom stereocenters. The molecule has 29 heavy (non-hydrogen) atoms. The Morgan fingerprint density at radius 1 is 1.10 bits per heavy atom. The van der Waals surface area contributed by atoms with Gasteiger partial charge in [0.25, 0.3) is 5.91 Å². The Kier molecular flexibility index (Phi) is 6.38. The van der Waals surface area contributed by atoms with Gasteiger partial charge in [0.1, 0.15) is 17.3 Å². The summed E-state index contributed by atoms with van der Waals surface area (Å²) < 4.78 is 25.1. The molecule has 9 heteroatoms. The molecular weight excluding hydrogens is 377 g/mol. The van der Waals surface area contributed by atoms with Crippen molar-refractivity contribution in [1.82, 2.24) is 4.98 Å². The van der Waals surface area contributed by atoms with E-state index in [1.165, 1.54) is 14.2 Å². The van der Waals surface area contributed by atoms with Crippen LogP contribution in [-0.2, 0) is 0 Å². The molecule has 156 valence electrons. The van der Waals surface area contributed by atoms with E-state index >= 15 is 0 Å². The van der Waals surface area contributed by atoms with Gasteiger partial charge < -0.3 is 31.6 Å². The number of methoxy groups -OCH3 is 2. The van der Waals surface area contributed by atoms with E-state index in [1.54, 1.807) is 18.2 Å². The number of anilines is 3. The number of nitrogens with one attached hydrogen (secondary N) is 2. The van der Waals surface area contributed by atoms with Crippen molar-refractivity contribution in [1.29, 1.82) is 0 Å². The van der Waals surface area contributed by atoms with E-state index in [-0.39, 0.29) is 29.3 Å². The minimum absolute atomic E-state index is 0.0229. The van der Waals surface area contributed by atoms with E-state index in [0.717, 1.165) is 31.7 Å². The maximum Gasteiger partial charge on any atom is 0.252 e. The molecule has 1 aromatic carbocycles. The van der Waals surface area contributed by atoms with Crippen LogP contribution in [0.2, 0.25) is 0 Å². The van der Waals surface area contributed by atoms with Crippen LogP contribution >= 0.6 is 0 Å². The van der Waals surface area contributed by atoms with E-state index in [1.807, 2.05) is 0 Å². The second kappa shape index (κ2) is 8.95. The fourth-order valence-corrected chi connectivity index (χ4v) is 3.40. The second-order valence-electron chi connectivity index (χ2n) is 7.00. The fraction of sp³-hybridized carbons (Fsp3) is 0.400. The zero-order valence-corrected chi connectivity index (χ0v) is 16.5. The van der Waals surface area contributed by atoms with Crippen LogP contribution in [0.4, 0.5) is 21.7 Å². The Balaban J connectivity index is 1.95. The number of amides is 1. The summed E-state index contributed by atoms with van der Waals surface area (Å²) in [5.41, 5.74) is 12.1. The third kappa shape index (κ3) is 4.86. The molecule has 1 aliphatic rings. The first kappa shape index (κ1) is 20.7. The molecular formula is C20H26FN5O3. The fourth-order valence-electron chi connectivity index (χ4n) is 3.40. The maximum atomic E-state index is 14.6. The van der Waals surface area contributed by atoms with Crippen molar-refractivity contribution >= 4 is 23.2 Å². The minimum Gasteiger partial charge on any atom is -0.497 e. The molecule has 1 saturated carbocycles. The van der Waals surface area contributed by atoms with Crippen LogP contribution in [0.15, 0.2) is 24.3 Å². The molecule has 6 N–H and O–H groups in total. The average molecular weight is 403 g/mol. The van der Waals surface area contributed by atoms with E-state index in [2.05, 4.69) is 15.6 Å². The van der Waals surface area contributed by atoms with Gasteiger partial charge in [0.15, 0.2) is 11.6 Å². The average Bonchev–Trinajstić information content (AvgIpc) is 2.71. The molecule has 2 unspecified atom stereocenters. The van der Waals surface area contributed by atoms with Crippen molar-refractivity contribution in [3.05, 3.63) is 35.6 Å². The zero-order chi connectivity index (χ0) is 21.0. The summed E-state index contributed by atoms with van der Waals surface area (Å²) in [5.74, 6) is -0.224. The third-order valence-corrected chi connectivity index (χ3v) is 5.00. The molecule has 0 bridgehead atoms. The highest BCUT2D eigenvalue weighted by Crippen LogP contribution is 2.30. The number of hydrogen-bond acceptors (Lipinski definition) is 7. The normalized spacial score (nSPS) is 18.8. The van der Waals surface area contributed by atoms with Crippen molar-refractivity contribution in [2.24, 2.45) is 11.5 Å². The highest BCUT2D eigenvalue weighted by molar-refractivity contribution is 5.98. The zero-order valence-electron chi connectivity index (χ0n) is 16.5. The molecule has 1 amide bonds. The summed E-state index contributed by atoms with van der Waals surface area (Å²) in [6.45, 7) is 0. The SMILES string of the molecule is COc1cc(Nc2nc(NC3CCCCC3N)c(F)cc2C(N)=O)cc(OC)c1. The standard InChI is InChI=1S/C20H26FN5O3/c1-28-12-7-11(8-13(9-12)29-2)24-19-14(18(23)27)10-15(21)20(26-19)25-17-6-4-3-5-16(17)22/h7-10,16-17H,3-6,22H2,1-2H3,(H2,23,27)(H2,24,25,26). The molecule has 1 fully saturated rings. The lowest BCUT2D eigenvalue weighted by atomic mass is 9.91. The number of hydrogen-bond donors (Lipinski definition) is 4. The van der Waals surface area contributed by atoms with Gasteiger partial charge in [-0.25, -0.2) is 9.37 Å². The highest BCUT2D eigenvalue weighted by Gasteiger charge is 2.24. The Morgan fingerprint density at radius 3 is 2.34 bits per heavy atom. The Hall–Kier alpha value is -3.07. The summed E-state index contributed by atoms with van der Waals surface area (Å²) in [7, 11) is 3.05. The molecule has 1 heterocycles. The quantitative estimate of drug-likeness (QED) is 0.560. The topological polar surface area (TPSA) is 125 Å². The molecule has 0 saturated heterocycles. The van der Waals surface area contributed by atoms with Gasteiger partial charge in [-0.1, -0.05) is 12.8 Å². The minimum atomic E-state index is -0.797. The van der Waals surface area contributed by atoms with Gasteiger partial charge in [0.05, 0.1) is 19.8 Å². The summed E-state index contributed by atoms with van der Waals surface area (Å²) >= 11 is 0. The second-order valence-corrected chi connectivity index (χ2v) is 7.00. The van der Waals surface area contributed by atoms with E-state index in [9.17, 15) is 9.18 Å². The van der Waals surface area contributed by atoms with Crippen LogP contribution in [0.1, 0.15) is 36.0 Å². The number of ether oxygens (including phenoxy) is 2. The number of carbonyl (C=O) groups excluding carboxylic acids is 1. The van der Waals surface area contributed by atoms with Crippen LogP contribution in [-0.4, -0.2) is 37.2 Å². The number of primary amides is 1. The largest absolute Gasteiger partial charge is 0.497 e. The Bertz CT molecular complexity index is 870. The van der Waals surface area contributed by atoms with Crippen molar-refractivity contribution in [3.8, 4) is 11.5 Å².